The SMILES string of the molecule is CC(C)c1cc(C(=O)OCC(=O)NCCOc2ccccc2)c2cnn(C(C)C)c2n1. The standard InChI is InChI=1S/C23H28N4O4/c1-15(2)20-12-18(19-13-25-27(16(3)4)22(19)26-20)23(29)31-14-21(28)24-10-11-30-17-8-6-5-7-9-17/h5-9,12-13,15-16H,10-11,14H2,1-4H3,(H,24,28). The molecule has 0 spiro atoms. The summed E-state index contributed by atoms with van der Waals surface area (Å²) in [6, 6.07) is 11.1. The van der Waals surface area contributed by atoms with Gasteiger partial charge in [-0.25, -0.2) is 14.5 Å². The van der Waals surface area contributed by atoms with Gasteiger partial charge in [0.25, 0.3) is 5.91 Å². The van der Waals surface area contributed by atoms with Crippen LogP contribution in [-0.2, 0) is 9.53 Å². The molecule has 1 amide bonds. The Morgan fingerprint density at radius 3 is 2.55 bits per heavy atom. The van der Waals surface area contributed by atoms with E-state index in [1.807, 2.05) is 58.0 Å². The van der Waals surface area contributed by atoms with Crippen molar-refractivity contribution >= 4 is 22.9 Å². The topological polar surface area (TPSA) is 95.3 Å². The summed E-state index contributed by atoms with van der Waals surface area (Å²) in [4.78, 5) is 29.5. The number of hydrogen-bond acceptors (Lipinski definition) is 6. The summed E-state index contributed by atoms with van der Waals surface area (Å²) in [5.74, 6) is -0.113. The van der Waals surface area contributed by atoms with Crippen LogP contribution in [0, 0.1) is 0 Å². The van der Waals surface area contributed by atoms with Crippen LogP contribution in [0.15, 0.2) is 42.6 Å². The van der Waals surface area contributed by atoms with Crippen molar-refractivity contribution in [2.45, 2.75) is 39.7 Å². The fourth-order valence-corrected chi connectivity index (χ4v) is 3.02. The molecule has 0 unspecified atom stereocenters. The van der Waals surface area contributed by atoms with Crippen LogP contribution in [0.2, 0.25) is 0 Å². The number of para-hydroxylation sites is 1. The van der Waals surface area contributed by atoms with Crippen LogP contribution in [0.3, 0.4) is 0 Å². The molecule has 0 bridgehead atoms. The third-order valence-corrected chi connectivity index (χ3v) is 4.66. The Labute approximate surface area is 181 Å². The number of esters is 1. The number of rotatable bonds is 9. The molecule has 0 aliphatic rings. The maximum atomic E-state index is 12.7. The normalized spacial score (nSPS) is 11.2. The van der Waals surface area contributed by atoms with E-state index in [2.05, 4.69) is 15.4 Å². The smallest absolute Gasteiger partial charge is 0.339 e. The van der Waals surface area contributed by atoms with Crippen molar-refractivity contribution < 1.29 is 19.1 Å². The number of amides is 1. The van der Waals surface area contributed by atoms with Crippen molar-refractivity contribution in [3.05, 3.63) is 53.9 Å². The van der Waals surface area contributed by atoms with Crippen molar-refractivity contribution in [2.24, 2.45) is 0 Å². The zero-order chi connectivity index (χ0) is 22.4. The highest BCUT2D eigenvalue weighted by Crippen LogP contribution is 2.24. The maximum Gasteiger partial charge on any atom is 0.339 e. The Balaban J connectivity index is 1.60. The Morgan fingerprint density at radius 1 is 1.13 bits per heavy atom. The van der Waals surface area contributed by atoms with E-state index in [4.69, 9.17) is 9.47 Å². The fraction of sp³-hybridized carbons (Fsp3) is 0.391. The van der Waals surface area contributed by atoms with Crippen LogP contribution >= 0.6 is 0 Å². The van der Waals surface area contributed by atoms with Gasteiger partial charge in [-0.2, -0.15) is 5.10 Å². The van der Waals surface area contributed by atoms with Crippen LogP contribution in [-0.4, -0.2) is 46.4 Å². The van der Waals surface area contributed by atoms with Crippen LogP contribution < -0.4 is 10.1 Å². The summed E-state index contributed by atoms with van der Waals surface area (Å²) >= 11 is 0. The van der Waals surface area contributed by atoms with Gasteiger partial charge in [-0.05, 0) is 38.0 Å². The molecule has 0 aliphatic heterocycles. The maximum absolute atomic E-state index is 12.7. The molecular formula is C23H28N4O4. The number of hydrogen-bond donors (Lipinski definition) is 1. The lowest BCUT2D eigenvalue weighted by molar-refractivity contribution is -0.124. The molecule has 164 valence electrons. The van der Waals surface area contributed by atoms with Gasteiger partial charge in [-0.3, -0.25) is 4.79 Å². The predicted octanol–water partition coefficient (Wildman–Crippen LogP) is 3.49. The van der Waals surface area contributed by atoms with E-state index in [1.165, 1.54) is 0 Å². The first-order valence-corrected chi connectivity index (χ1v) is 10.4. The summed E-state index contributed by atoms with van der Waals surface area (Å²) in [7, 11) is 0. The molecule has 1 aromatic carbocycles. The van der Waals surface area contributed by atoms with Crippen LogP contribution in [0.5, 0.6) is 5.75 Å². The van der Waals surface area contributed by atoms with Gasteiger partial charge < -0.3 is 14.8 Å². The lowest BCUT2D eigenvalue weighted by Gasteiger charge is -2.12. The second-order valence-corrected chi connectivity index (χ2v) is 7.76. The molecule has 0 atom stereocenters. The molecule has 2 heterocycles. The Hall–Kier alpha value is -3.42. The number of aromatic nitrogens is 3. The summed E-state index contributed by atoms with van der Waals surface area (Å²) < 4.78 is 12.6. The number of fused-ring (bicyclic) bond motifs is 1. The molecule has 1 N–H and O–H groups in total. The highest BCUT2D eigenvalue weighted by Gasteiger charge is 2.20. The lowest BCUT2D eigenvalue weighted by Crippen LogP contribution is -2.32. The van der Waals surface area contributed by atoms with E-state index in [1.54, 1.807) is 16.9 Å². The first-order chi connectivity index (χ1) is 14.9. The second kappa shape index (κ2) is 10.1. The van der Waals surface area contributed by atoms with E-state index >= 15 is 0 Å². The van der Waals surface area contributed by atoms with Gasteiger partial charge in [-0.15, -0.1) is 0 Å². The minimum absolute atomic E-state index is 0.0974. The third-order valence-electron chi connectivity index (χ3n) is 4.66. The van der Waals surface area contributed by atoms with Gasteiger partial charge in [0, 0.05) is 11.7 Å². The largest absolute Gasteiger partial charge is 0.492 e. The number of pyridine rings is 1. The molecule has 8 nitrogen and oxygen atoms in total. The van der Waals surface area contributed by atoms with E-state index in [9.17, 15) is 9.59 Å². The molecule has 0 fully saturated rings. The zero-order valence-electron chi connectivity index (χ0n) is 18.3. The van der Waals surface area contributed by atoms with Gasteiger partial charge in [0.05, 0.1) is 23.7 Å². The number of benzene rings is 1. The summed E-state index contributed by atoms with van der Waals surface area (Å²) in [6.07, 6.45) is 1.62. The zero-order valence-corrected chi connectivity index (χ0v) is 18.3. The van der Waals surface area contributed by atoms with Crippen molar-refractivity contribution in [1.29, 1.82) is 0 Å². The van der Waals surface area contributed by atoms with Crippen LogP contribution in [0.1, 0.15) is 55.7 Å². The van der Waals surface area contributed by atoms with Gasteiger partial charge in [0.15, 0.2) is 12.3 Å². The predicted molar refractivity (Wildman–Crippen MR) is 117 cm³/mol. The average Bonchev–Trinajstić information content (AvgIpc) is 3.19. The van der Waals surface area contributed by atoms with Crippen LogP contribution in [0.4, 0.5) is 0 Å². The van der Waals surface area contributed by atoms with Gasteiger partial charge in [-0.1, -0.05) is 32.0 Å². The Kier molecular flexibility index (Phi) is 7.23. The van der Waals surface area contributed by atoms with Crippen LogP contribution in [0.25, 0.3) is 11.0 Å². The molecule has 3 rings (SSSR count). The minimum Gasteiger partial charge on any atom is -0.492 e. The van der Waals surface area contributed by atoms with E-state index in [0.717, 1.165) is 11.4 Å². The number of nitrogens with zero attached hydrogens (tertiary/aromatic N) is 3. The Bertz CT molecular complexity index is 1040. The van der Waals surface area contributed by atoms with E-state index in [-0.39, 0.29) is 18.6 Å². The summed E-state index contributed by atoms with van der Waals surface area (Å²) in [6.45, 7) is 8.27. The van der Waals surface area contributed by atoms with Gasteiger partial charge >= 0.3 is 5.97 Å². The molecule has 31 heavy (non-hydrogen) atoms. The number of ether oxygens (including phenoxy) is 2. The van der Waals surface area contributed by atoms with Crippen molar-refractivity contribution in [3.8, 4) is 5.75 Å². The van der Waals surface area contributed by atoms with Crippen molar-refractivity contribution in [1.82, 2.24) is 20.1 Å². The van der Waals surface area contributed by atoms with Crippen molar-refractivity contribution in [2.75, 3.05) is 19.8 Å². The first-order valence-electron chi connectivity index (χ1n) is 10.4. The van der Waals surface area contributed by atoms with E-state index < -0.39 is 11.9 Å². The highest BCUT2D eigenvalue weighted by atomic mass is 16.5. The Morgan fingerprint density at radius 2 is 1.87 bits per heavy atom. The number of carbonyl (C=O) groups is 2. The molecule has 8 heteroatoms. The quantitative estimate of drug-likeness (QED) is 0.417. The number of nitrogens with one attached hydrogen (secondary N) is 1. The molecule has 0 aliphatic carbocycles. The van der Waals surface area contributed by atoms with E-state index in [0.29, 0.717) is 29.7 Å². The van der Waals surface area contributed by atoms with Gasteiger partial charge in [0.1, 0.15) is 12.4 Å². The molecular weight excluding hydrogens is 396 g/mol. The third kappa shape index (κ3) is 5.59. The highest BCUT2D eigenvalue weighted by molar-refractivity contribution is 6.03. The summed E-state index contributed by atoms with van der Waals surface area (Å²) in [5.41, 5.74) is 1.76. The summed E-state index contributed by atoms with van der Waals surface area (Å²) in [5, 5.41) is 7.65. The molecule has 0 saturated carbocycles. The number of carbonyl (C=O) groups excluding carboxylic acids is 2. The fourth-order valence-electron chi connectivity index (χ4n) is 3.02. The van der Waals surface area contributed by atoms with Gasteiger partial charge in [0.2, 0.25) is 0 Å². The second-order valence-electron chi connectivity index (χ2n) is 7.76. The van der Waals surface area contributed by atoms with Crippen molar-refractivity contribution in [3.63, 3.8) is 0 Å². The average molecular weight is 425 g/mol. The molecule has 3 aromatic rings. The minimum atomic E-state index is -0.576. The molecule has 0 saturated heterocycles. The first kappa shape index (κ1) is 22.3. The lowest BCUT2D eigenvalue weighted by atomic mass is 10.1. The molecule has 0 radical (unpaired) electrons. The molecule has 2 aromatic heterocycles. The monoisotopic (exact) mass is 424 g/mol.